The number of hydrogen-bond donors (Lipinski definition) is 1. The number of rotatable bonds is 4. The van der Waals surface area contributed by atoms with Gasteiger partial charge in [-0.2, -0.15) is 5.10 Å². The Balaban J connectivity index is 2.88. The number of aryl methyl sites for hydroxylation is 1. The summed E-state index contributed by atoms with van der Waals surface area (Å²) in [5.41, 5.74) is 6.07. The maximum atomic E-state index is 11.7. The first kappa shape index (κ1) is 9.92. The van der Waals surface area contributed by atoms with Gasteiger partial charge in [0.2, 0.25) is 0 Å². The first-order chi connectivity index (χ1) is 6.20. The van der Waals surface area contributed by atoms with Crippen molar-refractivity contribution in [3.05, 3.63) is 18.0 Å². The Morgan fingerprint density at radius 1 is 1.77 bits per heavy atom. The van der Waals surface area contributed by atoms with Crippen LogP contribution in [0.1, 0.15) is 24.3 Å². The maximum Gasteiger partial charge on any atom is 0.184 e. The zero-order valence-electron chi connectivity index (χ0n) is 8.03. The molecule has 0 saturated heterocycles. The highest BCUT2D eigenvalue weighted by Crippen LogP contribution is 2.07. The average Bonchev–Trinajstić information content (AvgIpc) is 2.62. The van der Waals surface area contributed by atoms with Gasteiger partial charge in [0.05, 0.1) is 0 Å². The second kappa shape index (κ2) is 4.18. The number of carbonyl (C=O) groups is 1. The van der Waals surface area contributed by atoms with Crippen LogP contribution in [0.2, 0.25) is 0 Å². The van der Waals surface area contributed by atoms with Gasteiger partial charge in [-0.05, 0) is 13.0 Å². The number of aromatic nitrogens is 2. The molecule has 0 saturated carbocycles. The molecule has 13 heavy (non-hydrogen) atoms. The molecule has 0 amide bonds. The Morgan fingerprint density at radius 2 is 2.46 bits per heavy atom. The summed E-state index contributed by atoms with van der Waals surface area (Å²) >= 11 is 0. The fourth-order valence-corrected chi connectivity index (χ4v) is 1.15. The molecule has 0 fully saturated rings. The van der Waals surface area contributed by atoms with E-state index in [4.69, 9.17) is 5.73 Å². The van der Waals surface area contributed by atoms with Gasteiger partial charge in [0.1, 0.15) is 5.69 Å². The van der Waals surface area contributed by atoms with Crippen molar-refractivity contribution in [1.82, 2.24) is 9.78 Å². The topological polar surface area (TPSA) is 60.9 Å². The predicted octanol–water partition coefficient (Wildman–Crippen LogP) is 0.681. The largest absolute Gasteiger partial charge is 0.330 e. The second-order valence-corrected chi connectivity index (χ2v) is 3.03. The van der Waals surface area contributed by atoms with Crippen LogP contribution in [-0.2, 0) is 6.54 Å². The summed E-state index contributed by atoms with van der Waals surface area (Å²) in [6.07, 6.45) is 1.64. The highest BCUT2D eigenvalue weighted by molar-refractivity contribution is 5.96. The van der Waals surface area contributed by atoms with Crippen LogP contribution in [-0.4, -0.2) is 22.1 Å². The molecule has 1 aromatic heterocycles. The van der Waals surface area contributed by atoms with Gasteiger partial charge in [0.15, 0.2) is 5.78 Å². The number of carbonyl (C=O) groups excluding carboxylic acids is 1. The van der Waals surface area contributed by atoms with Crippen molar-refractivity contribution >= 4 is 5.78 Å². The molecule has 0 aliphatic carbocycles. The van der Waals surface area contributed by atoms with Gasteiger partial charge < -0.3 is 5.73 Å². The van der Waals surface area contributed by atoms with E-state index in [1.807, 2.05) is 13.8 Å². The molecule has 0 aliphatic rings. The monoisotopic (exact) mass is 181 g/mol. The number of hydrogen-bond acceptors (Lipinski definition) is 3. The Morgan fingerprint density at radius 3 is 3.00 bits per heavy atom. The van der Waals surface area contributed by atoms with Crippen LogP contribution >= 0.6 is 0 Å². The second-order valence-electron chi connectivity index (χ2n) is 3.03. The van der Waals surface area contributed by atoms with Crippen molar-refractivity contribution in [2.45, 2.75) is 20.4 Å². The van der Waals surface area contributed by atoms with Crippen LogP contribution in [0.4, 0.5) is 0 Å². The number of Topliss-reactive ketones (excluding diaryl/α,β-unsaturated/α-hetero) is 1. The summed E-state index contributed by atoms with van der Waals surface area (Å²) in [7, 11) is 0. The van der Waals surface area contributed by atoms with Crippen molar-refractivity contribution in [2.24, 2.45) is 11.7 Å². The summed E-state index contributed by atoms with van der Waals surface area (Å²) in [5, 5.41) is 4.03. The Labute approximate surface area is 77.7 Å². The van der Waals surface area contributed by atoms with E-state index in [9.17, 15) is 4.79 Å². The zero-order chi connectivity index (χ0) is 9.84. The Kier molecular flexibility index (Phi) is 3.19. The lowest BCUT2D eigenvalue weighted by Gasteiger charge is -2.08. The van der Waals surface area contributed by atoms with Gasteiger partial charge in [-0.1, -0.05) is 6.92 Å². The van der Waals surface area contributed by atoms with E-state index < -0.39 is 0 Å². The van der Waals surface area contributed by atoms with Gasteiger partial charge in [0.25, 0.3) is 0 Å². The lowest BCUT2D eigenvalue weighted by molar-refractivity contribution is 0.0923. The first-order valence-electron chi connectivity index (χ1n) is 4.46. The van der Waals surface area contributed by atoms with Gasteiger partial charge in [-0.15, -0.1) is 0 Å². The van der Waals surface area contributed by atoms with Crippen LogP contribution in [0, 0.1) is 5.92 Å². The molecule has 72 valence electrons. The maximum absolute atomic E-state index is 11.7. The third kappa shape index (κ3) is 1.95. The number of nitrogens with two attached hydrogens (primary N) is 1. The van der Waals surface area contributed by atoms with Crippen molar-refractivity contribution in [2.75, 3.05) is 6.54 Å². The minimum atomic E-state index is -0.123. The van der Waals surface area contributed by atoms with Crippen molar-refractivity contribution in [1.29, 1.82) is 0 Å². The smallest absolute Gasteiger partial charge is 0.184 e. The predicted molar refractivity (Wildman–Crippen MR) is 50.4 cm³/mol. The van der Waals surface area contributed by atoms with Crippen LogP contribution in [0.25, 0.3) is 0 Å². The molecular formula is C9H15N3O. The van der Waals surface area contributed by atoms with Gasteiger partial charge in [-0.3, -0.25) is 9.48 Å². The molecule has 1 heterocycles. The molecule has 4 heteroatoms. The lowest BCUT2D eigenvalue weighted by atomic mass is 10.0. The molecule has 1 aromatic rings. The molecule has 0 aromatic carbocycles. The molecule has 0 bridgehead atoms. The first-order valence-corrected chi connectivity index (χ1v) is 4.46. The fourth-order valence-electron chi connectivity index (χ4n) is 1.15. The number of ketones is 1. The number of nitrogens with zero attached hydrogens (tertiary/aromatic N) is 2. The lowest BCUT2D eigenvalue weighted by Crippen LogP contribution is -2.23. The zero-order valence-corrected chi connectivity index (χ0v) is 8.03. The summed E-state index contributed by atoms with van der Waals surface area (Å²) in [5.74, 6) is -0.0520. The van der Waals surface area contributed by atoms with Crippen LogP contribution in [0.3, 0.4) is 0 Å². The quantitative estimate of drug-likeness (QED) is 0.695. The molecular weight excluding hydrogens is 166 g/mol. The molecule has 1 rings (SSSR count). The molecule has 1 unspecified atom stereocenters. The fraction of sp³-hybridized carbons (Fsp3) is 0.556. The van der Waals surface area contributed by atoms with E-state index in [0.717, 1.165) is 0 Å². The highest BCUT2D eigenvalue weighted by atomic mass is 16.1. The van der Waals surface area contributed by atoms with E-state index in [-0.39, 0.29) is 11.7 Å². The average molecular weight is 181 g/mol. The normalized spacial score (nSPS) is 12.8. The summed E-state index contributed by atoms with van der Waals surface area (Å²) < 4.78 is 1.69. The molecule has 2 N–H and O–H groups in total. The summed E-state index contributed by atoms with van der Waals surface area (Å²) in [6.45, 7) is 4.88. The summed E-state index contributed by atoms with van der Waals surface area (Å²) in [4.78, 5) is 11.7. The van der Waals surface area contributed by atoms with Gasteiger partial charge in [-0.25, -0.2) is 0 Å². The van der Waals surface area contributed by atoms with E-state index in [0.29, 0.717) is 18.8 Å². The molecule has 0 aliphatic heterocycles. The highest BCUT2D eigenvalue weighted by Gasteiger charge is 2.16. The third-order valence-corrected chi connectivity index (χ3v) is 2.07. The molecule has 1 atom stereocenters. The molecule has 0 radical (unpaired) electrons. The van der Waals surface area contributed by atoms with Gasteiger partial charge in [0, 0.05) is 25.2 Å². The van der Waals surface area contributed by atoms with Crippen molar-refractivity contribution in [3.8, 4) is 0 Å². The minimum Gasteiger partial charge on any atom is -0.330 e. The molecule has 4 nitrogen and oxygen atoms in total. The van der Waals surface area contributed by atoms with Crippen LogP contribution < -0.4 is 5.73 Å². The summed E-state index contributed by atoms with van der Waals surface area (Å²) in [6, 6.07) is 1.73. The van der Waals surface area contributed by atoms with Gasteiger partial charge >= 0.3 is 0 Å². The van der Waals surface area contributed by atoms with E-state index >= 15 is 0 Å². The van der Waals surface area contributed by atoms with Crippen LogP contribution in [0.5, 0.6) is 0 Å². The Hall–Kier alpha value is -1.16. The van der Waals surface area contributed by atoms with Crippen molar-refractivity contribution in [3.63, 3.8) is 0 Å². The third-order valence-electron chi connectivity index (χ3n) is 2.07. The standard InChI is InChI=1S/C9H15N3O/c1-3-12-8(4-5-11-12)9(13)7(2)6-10/h4-5,7H,3,6,10H2,1-2H3. The van der Waals surface area contributed by atoms with Crippen LogP contribution in [0.15, 0.2) is 12.3 Å². The molecule has 0 spiro atoms. The Bertz CT molecular complexity index is 293. The van der Waals surface area contributed by atoms with E-state index in [2.05, 4.69) is 5.10 Å². The van der Waals surface area contributed by atoms with Crippen molar-refractivity contribution < 1.29 is 4.79 Å². The van der Waals surface area contributed by atoms with E-state index in [1.54, 1.807) is 16.9 Å². The minimum absolute atomic E-state index is 0.0712. The SMILES string of the molecule is CCn1nccc1C(=O)C(C)CN. The van der Waals surface area contributed by atoms with E-state index in [1.165, 1.54) is 0 Å².